The van der Waals surface area contributed by atoms with Gasteiger partial charge in [-0.3, -0.25) is 4.99 Å². The largest absolute Gasteiger partial charge is 0.497 e. The molecular weight excluding hydrogens is 441 g/mol. The highest BCUT2D eigenvalue weighted by Gasteiger charge is 2.19. The second kappa shape index (κ2) is 12.4. The van der Waals surface area contributed by atoms with Gasteiger partial charge < -0.3 is 20.5 Å². The number of nitrogens with zero attached hydrogens (tertiary/aromatic N) is 1. The number of ether oxygens (including phenoxy) is 1. The average molecular weight is 475 g/mol. The fourth-order valence-electron chi connectivity index (χ4n) is 3.20. The van der Waals surface area contributed by atoms with Gasteiger partial charge in [0.1, 0.15) is 5.75 Å². The van der Waals surface area contributed by atoms with Crippen molar-refractivity contribution >= 4 is 29.9 Å². The van der Waals surface area contributed by atoms with E-state index in [0.29, 0.717) is 12.0 Å². The van der Waals surface area contributed by atoms with Gasteiger partial charge in [-0.15, -0.1) is 24.0 Å². The molecule has 1 saturated carbocycles. The van der Waals surface area contributed by atoms with E-state index >= 15 is 0 Å². The number of hydrogen-bond acceptors (Lipinski definition) is 3. The minimum Gasteiger partial charge on any atom is -0.497 e. The molecule has 0 radical (unpaired) electrons. The lowest BCUT2D eigenvalue weighted by Gasteiger charge is -2.27. The Morgan fingerprint density at radius 1 is 1.23 bits per heavy atom. The third-order valence-corrected chi connectivity index (χ3v) is 4.90. The quantitative estimate of drug-likeness (QED) is 0.320. The molecule has 1 atom stereocenters. The van der Waals surface area contributed by atoms with Crippen molar-refractivity contribution in [3.63, 3.8) is 0 Å². The van der Waals surface area contributed by atoms with E-state index in [0.717, 1.165) is 56.9 Å². The summed E-state index contributed by atoms with van der Waals surface area (Å²) in [6.07, 6.45) is 4.66. The molecule has 3 N–H and O–H groups in total. The summed E-state index contributed by atoms with van der Waals surface area (Å²) in [4.78, 5) is 4.73. The van der Waals surface area contributed by atoms with E-state index in [9.17, 15) is 5.11 Å². The van der Waals surface area contributed by atoms with E-state index in [1.54, 1.807) is 7.11 Å². The number of guanidine groups is 1. The van der Waals surface area contributed by atoms with Crippen molar-refractivity contribution in [1.82, 2.24) is 10.6 Å². The van der Waals surface area contributed by atoms with E-state index in [1.165, 1.54) is 5.56 Å². The first kappa shape index (κ1) is 23.0. The molecule has 148 valence electrons. The fraction of sp³-hybridized carbons (Fsp3) is 0.650. The van der Waals surface area contributed by atoms with Crippen LogP contribution in [0.15, 0.2) is 29.3 Å². The second-order valence-electron chi connectivity index (χ2n) is 6.87. The molecule has 1 aromatic rings. The summed E-state index contributed by atoms with van der Waals surface area (Å²) in [6, 6.07) is 8.70. The van der Waals surface area contributed by atoms with Gasteiger partial charge in [0.05, 0.1) is 13.2 Å². The number of aliphatic imine (C=N–C) groups is 1. The zero-order valence-corrected chi connectivity index (χ0v) is 18.5. The van der Waals surface area contributed by atoms with Crippen LogP contribution in [0.5, 0.6) is 5.75 Å². The lowest BCUT2D eigenvalue weighted by Crippen LogP contribution is -2.45. The Hall–Kier alpha value is -1.02. The molecule has 1 aromatic carbocycles. The van der Waals surface area contributed by atoms with Crippen LogP contribution in [0.1, 0.15) is 57.4 Å². The van der Waals surface area contributed by atoms with Crippen LogP contribution in [0.2, 0.25) is 0 Å². The number of halogens is 1. The number of rotatable bonds is 7. The second-order valence-corrected chi connectivity index (χ2v) is 6.87. The number of methoxy groups -OCH3 is 1. The predicted molar refractivity (Wildman–Crippen MR) is 119 cm³/mol. The Kier molecular flexibility index (Phi) is 11.0. The van der Waals surface area contributed by atoms with Gasteiger partial charge in [-0.2, -0.15) is 0 Å². The first-order valence-corrected chi connectivity index (χ1v) is 9.49. The molecule has 0 heterocycles. The van der Waals surface area contributed by atoms with Gasteiger partial charge in [0.2, 0.25) is 0 Å². The molecule has 26 heavy (non-hydrogen) atoms. The van der Waals surface area contributed by atoms with E-state index in [2.05, 4.69) is 36.6 Å². The van der Waals surface area contributed by atoms with Gasteiger partial charge in [-0.1, -0.05) is 19.1 Å². The molecule has 2 rings (SSSR count). The molecule has 5 nitrogen and oxygen atoms in total. The van der Waals surface area contributed by atoms with Crippen molar-refractivity contribution < 1.29 is 9.84 Å². The van der Waals surface area contributed by atoms with E-state index in [1.807, 2.05) is 12.1 Å². The highest BCUT2D eigenvalue weighted by molar-refractivity contribution is 14.0. The van der Waals surface area contributed by atoms with Gasteiger partial charge >= 0.3 is 0 Å². The van der Waals surface area contributed by atoms with Crippen LogP contribution in [-0.2, 0) is 0 Å². The average Bonchev–Trinajstić information content (AvgIpc) is 2.63. The van der Waals surface area contributed by atoms with Crippen molar-refractivity contribution in [3.05, 3.63) is 29.8 Å². The molecule has 0 aromatic heterocycles. The highest BCUT2D eigenvalue weighted by Crippen LogP contribution is 2.22. The SMILES string of the molecule is CCNC(=NCCC(C)c1ccc(OC)cc1)NC1CCC(O)CC1.I. The van der Waals surface area contributed by atoms with Crippen molar-refractivity contribution in [3.8, 4) is 5.75 Å². The van der Waals surface area contributed by atoms with Gasteiger partial charge in [-0.25, -0.2) is 0 Å². The summed E-state index contributed by atoms with van der Waals surface area (Å²) >= 11 is 0. The van der Waals surface area contributed by atoms with Crippen molar-refractivity contribution in [2.24, 2.45) is 4.99 Å². The van der Waals surface area contributed by atoms with E-state index in [-0.39, 0.29) is 30.1 Å². The Labute approximate surface area is 175 Å². The van der Waals surface area contributed by atoms with Crippen LogP contribution >= 0.6 is 24.0 Å². The maximum atomic E-state index is 9.63. The zero-order chi connectivity index (χ0) is 18.1. The van der Waals surface area contributed by atoms with Gasteiger partial charge in [-0.05, 0) is 62.6 Å². The van der Waals surface area contributed by atoms with Crippen LogP contribution in [0, 0.1) is 0 Å². The summed E-state index contributed by atoms with van der Waals surface area (Å²) in [5.41, 5.74) is 1.32. The van der Waals surface area contributed by atoms with Crippen LogP contribution in [-0.4, -0.2) is 43.4 Å². The third kappa shape index (κ3) is 7.70. The first-order chi connectivity index (χ1) is 12.1. The maximum absolute atomic E-state index is 9.63. The minimum absolute atomic E-state index is 0. The van der Waals surface area contributed by atoms with Crippen LogP contribution < -0.4 is 15.4 Å². The molecule has 1 fully saturated rings. The van der Waals surface area contributed by atoms with Crippen molar-refractivity contribution in [2.45, 2.75) is 64.0 Å². The maximum Gasteiger partial charge on any atom is 0.191 e. The monoisotopic (exact) mass is 475 g/mol. The van der Waals surface area contributed by atoms with Crippen LogP contribution in [0.3, 0.4) is 0 Å². The molecule has 6 heteroatoms. The molecule has 0 aliphatic heterocycles. The molecule has 1 aliphatic rings. The molecule has 0 spiro atoms. The van der Waals surface area contributed by atoms with Gasteiger partial charge in [0, 0.05) is 19.1 Å². The Bertz CT molecular complexity index is 528. The van der Waals surface area contributed by atoms with Crippen molar-refractivity contribution in [1.29, 1.82) is 0 Å². The molecule has 0 amide bonds. The summed E-state index contributed by atoms with van der Waals surface area (Å²) < 4.78 is 5.21. The highest BCUT2D eigenvalue weighted by atomic mass is 127. The van der Waals surface area contributed by atoms with E-state index in [4.69, 9.17) is 9.73 Å². The van der Waals surface area contributed by atoms with Gasteiger partial charge in [0.15, 0.2) is 5.96 Å². The third-order valence-electron chi connectivity index (χ3n) is 4.90. The molecule has 0 bridgehead atoms. The molecule has 0 saturated heterocycles. The molecule has 1 aliphatic carbocycles. The number of aliphatic hydroxyl groups excluding tert-OH is 1. The minimum atomic E-state index is -0.122. The normalized spacial score (nSPS) is 21.5. The molecule has 1 unspecified atom stereocenters. The topological polar surface area (TPSA) is 65.9 Å². The Morgan fingerprint density at radius 2 is 1.88 bits per heavy atom. The van der Waals surface area contributed by atoms with Crippen LogP contribution in [0.4, 0.5) is 0 Å². The number of nitrogens with one attached hydrogen (secondary N) is 2. The molecular formula is C20H34IN3O2. The Morgan fingerprint density at radius 3 is 2.46 bits per heavy atom. The summed E-state index contributed by atoms with van der Waals surface area (Å²) in [5, 5.41) is 16.5. The van der Waals surface area contributed by atoms with Gasteiger partial charge in [0.25, 0.3) is 0 Å². The standard InChI is InChI=1S/C20H33N3O2.HI/c1-4-21-20(23-17-7-9-18(24)10-8-17)22-14-13-15(2)16-5-11-19(25-3)12-6-16;/h5-6,11-12,15,17-18,24H,4,7-10,13-14H2,1-3H3,(H2,21,22,23);1H. The summed E-state index contributed by atoms with van der Waals surface area (Å²) in [5.74, 6) is 2.25. The number of benzene rings is 1. The number of hydrogen-bond donors (Lipinski definition) is 3. The zero-order valence-electron chi connectivity index (χ0n) is 16.2. The lowest BCUT2D eigenvalue weighted by atomic mass is 9.93. The first-order valence-electron chi connectivity index (χ1n) is 9.49. The smallest absolute Gasteiger partial charge is 0.191 e. The van der Waals surface area contributed by atoms with Crippen LogP contribution in [0.25, 0.3) is 0 Å². The van der Waals surface area contributed by atoms with E-state index < -0.39 is 0 Å². The number of aliphatic hydroxyl groups is 1. The predicted octanol–water partition coefficient (Wildman–Crippen LogP) is 3.67. The lowest BCUT2D eigenvalue weighted by molar-refractivity contribution is 0.120. The fourth-order valence-corrected chi connectivity index (χ4v) is 3.20. The Balaban J connectivity index is 0.00000338. The summed E-state index contributed by atoms with van der Waals surface area (Å²) in [7, 11) is 1.69. The summed E-state index contributed by atoms with van der Waals surface area (Å²) in [6.45, 7) is 5.97. The van der Waals surface area contributed by atoms with Crippen molar-refractivity contribution in [2.75, 3.05) is 20.2 Å².